The normalized spacial score (nSPS) is 32.3. The molecule has 0 spiro atoms. The predicted octanol–water partition coefficient (Wildman–Crippen LogP) is 8.24. The topological polar surface area (TPSA) is 18.5 Å². The van der Waals surface area contributed by atoms with Gasteiger partial charge in [0.05, 0.1) is 18.8 Å². The van der Waals surface area contributed by atoms with Gasteiger partial charge in [-0.1, -0.05) is 63.1 Å². The highest BCUT2D eigenvalue weighted by Crippen LogP contribution is 2.58. The van der Waals surface area contributed by atoms with Crippen LogP contribution in [0.1, 0.15) is 72.6 Å². The van der Waals surface area contributed by atoms with Gasteiger partial charge in [-0.05, 0) is 99.9 Å². The van der Waals surface area contributed by atoms with E-state index in [1.807, 2.05) is 0 Å². The number of ether oxygens (including phenoxy) is 1. The summed E-state index contributed by atoms with van der Waals surface area (Å²) in [5.41, 5.74) is 3.36. The zero-order chi connectivity index (χ0) is 23.4. The second-order valence-corrected chi connectivity index (χ2v) is 16.8. The summed E-state index contributed by atoms with van der Waals surface area (Å²) in [6.07, 6.45) is 22.7. The summed E-state index contributed by atoms with van der Waals surface area (Å²) in [5.74, 6) is 2.30. The van der Waals surface area contributed by atoms with Gasteiger partial charge in [-0.25, -0.2) is 0 Å². The van der Waals surface area contributed by atoms with E-state index >= 15 is 0 Å². The Kier molecular flexibility index (Phi) is 8.49. The molecule has 3 aliphatic rings. The molecule has 180 valence electrons. The minimum atomic E-state index is -1.49. The lowest BCUT2D eigenvalue weighted by Gasteiger charge is -2.42. The third-order valence-electron chi connectivity index (χ3n) is 7.96. The van der Waals surface area contributed by atoms with Crippen LogP contribution in [0, 0.1) is 23.2 Å². The van der Waals surface area contributed by atoms with Gasteiger partial charge in [0.1, 0.15) is 0 Å². The Morgan fingerprint density at radius 1 is 1.19 bits per heavy atom. The average molecular weight is 457 g/mol. The summed E-state index contributed by atoms with van der Waals surface area (Å²) in [7, 11) is -1.49. The van der Waals surface area contributed by atoms with Crippen LogP contribution in [-0.2, 0) is 9.16 Å². The first-order chi connectivity index (χ1) is 15.0. The summed E-state index contributed by atoms with van der Waals surface area (Å²) in [4.78, 5) is 0. The number of hydrogen-bond donors (Lipinski definition) is 0. The maximum atomic E-state index is 6.44. The molecule has 3 rings (SSSR count). The van der Waals surface area contributed by atoms with Crippen molar-refractivity contribution in [3.8, 4) is 0 Å². The molecule has 2 nitrogen and oxygen atoms in total. The van der Waals surface area contributed by atoms with Crippen molar-refractivity contribution in [3.05, 3.63) is 47.6 Å². The summed E-state index contributed by atoms with van der Waals surface area (Å²) < 4.78 is 12.0. The molecule has 3 heteroatoms. The van der Waals surface area contributed by atoms with E-state index < -0.39 is 8.32 Å². The molecule has 0 aromatic heterocycles. The lowest BCUT2D eigenvalue weighted by atomic mass is 9.62. The molecule has 0 aromatic carbocycles. The molecule has 0 amide bonds. The fourth-order valence-corrected chi connectivity index (χ4v) is 8.43. The minimum absolute atomic E-state index is 0.0147. The van der Waals surface area contributed by atoms with Crippen LogP contribution < -0.4 is 0 Å². The van der Waals surface area contributed by atoms with Crippen LogP contribution in [0.15, 0.2) is 47.6 Å². The average Bonchev–Trinajstić information content (AvgIpc) is 2.84. The highest BCUT2D eigenvalue weighted by atomic mass is 28.4. The maximum Gasteiger partial charge on any atom is 0.184 e. The molecule has 0 bridgehead atoms. The second kappa shape index (κ2) is 10.6. The molecule has 4 atom stereocenters. The second-order valence-electron chi connectivity index (χ2n) is 12.3. The van der Waals surface area contributed by atoms with Gasteiger partial charge in [-0.3, -0.25) is 0 Å². The monoisotopic (exact) mass is 456 g/mol. The summed E-state index contributed by atoms with van der Waals surface area (Å²) in [5, 5.41) is 0. The van der Waals surface area contributed by atoms with Gasteiger partial charge >= 0.3 is 0 Å². The molecule has 1 fully saturated rings. The predicted molar refractivity (Wildman–Crippen MR) is 140 cm³/mol. The first-order valence-corrected chi connectivity index (χ1v) is 16.4. The van der Waals surface area contributed by atoms with Crippen molar-refractivity contribution < 1.29 is 9.16 Å². The Labute approximate surface area is 199 Å². The van der Waals surface area contributed by atoms with Gasteiger partial charge in [0.25, 0.3) is 0 Å². The van der Waals surface area contributed by atoms with Crippen LogP contribution in [0.25, 0.3) is 0 Å². The van der Waals surface area contributed by atoms with Crippen LogP contribution >= 0.6 is 0 Å². The van der Waals surface area contributed by atoms with E-state index in [0.717, 1.165) is 31.5 Å². The van der Waals surface area contributed by atoms with Crippen molar-refractivity contribution in [1.82, 2.24) is 0 Å². The van der Waals surface area contributed by atoms with Crippen LogP contribution in [0.4, 0.5) is 0 Å². The number of fused-ring (bicyclic) bond motifs is 1. The Balaban J connectivity index is 1.61. The molecule has 0 saturated heterocycles. The summed E-state index contributed by atoms with van der Waals surface area (Å²) in [6.45, 7) is 18.1. The third kappa shape index (κ3) is 6.81. The molecule has 0 radical (unpaired) electrons. The first-order valence-electron chi connectivity index (χ1n) is 13.0. The molecule has 0 N–H and O–H groups in total. The summed E-state index contributed by atoms with van der Waals surface area (Å²) in [6, 6.07) is 0. The zero-order valence-electron chi connectivity index (χ0n) is 21.9. The van der Waals surface area contributed by atoms with Gasteiger partial charge < -0.3 is 9.16 Å². The van der Waals surface area contributed by atoms with Crippen LogP contribution in [0.3, 0.4) is 0 Å². The van der Waals surface area contributed by atoms with Gasteiger partial charge in [0, 0.05) is 0 Å². The SMILES string of the molecule is C[C@H](CCCC(C)(C)O[Si](C)(C)C)[C@H]1CC[C@H]2/C(=C/C=C3\C=CCOCC3)C=CC[C@]12C. The number of rotatable bonds is 8. The quantitative estimate of drug-likeness (QED) is 0.342. The largest absolute Gasteiger partial charge is 0.413 e. The van der Waals surface area contributed by atoms with Crippen LogP contribution in [-0.4, -0.2) is 27.1 Å². The molecule has 0 aromatic rings. The highest BCUT2D eigenvalue weighted by molar-refractivity contribution is 6.69. The Hall–Kier alpha value is -0.903. The fraction of sp³-hybridized carbons (Fsp3) is 0.724. The van der Waals surface area contributed by atoms with Crippen LogP contribution in [0.2, 0.25) is 19.6 Å². The Morgan fingerprint density at radius 3 is 2.72 bits per heavy atom. The first kappa shape index (κ1) is 25.7. The van der Waals surface area contributed by atoms with E-state index in [9.17, 15) is 0 Å². The zero-order valence-corrected chi connectivity index (χ0v) is 22.9. The molecule has 1 saturated carbocycles. The molecule has 0 unspecified atom stereocenters. The van der Waals surface area contributed by atoms with E-state index in [2.05, 4.69) is 83.8 Å². The lowest BCUT2D eigenvalue weighted by Crippen LogP contribution is -2.38. The van der Waals surface area contributed by atoms with E-state index in [-0.39, 0.29) is 5.60 Å². The van der Waals surface area contributed by atoms with Crippen molar-refractivity contribution in [3.63, 3.8) is 0 Å². The van der Waals surface area contributed by atoms with Crippen molar-refractivity contribution in [1.29, 1.82) is 0 Å². The van der Waals surface area contributed by atoms with Crippen molar-refractivity contribution in [2.45, 2.75) is 97.9 Å². The Bertz CT molecular complexity index is 752. The minimum Gasteiger partial charge on any atom is -0.413 e. The summed E-state index contributed by atoms with van der Waals surface area (Å²) >= 11 is 0. The van der Waals surface area contributed by atoms with E-state index in [1.54, 1.807) is 5.57 Å². The molecule has 2 aliphatic carbocycles. The van der Waals surface area contributed by atoms with Crippen LogP contribution in [0.5, 0.6) is 0 Å². The fourth-order valence-electron chi connectivity index (χ4n) is 6.67. The van der Waals surface area contributed by atoms with Gasteiger partial charge in [-0.15, -0.1) is 0 Å². The lowest BCUT2D eigenvalue weighted by molar-refractivity contribution is 0.0800. The molecule has 1 aliphatic heterocycles. The number of hydrogen-bond acceptors (Lipinski definition) is 2. The third-order valence-corrected chi connectivity index (χ3v) is 9.12. The van der Waals surface area contributed by atoms with Gasteiger partial charge in [0.2, 0.25) is 0 Å². The molecule has 1 heterocycles. The van der Waals surface area contributed by atoms with Crippen molar-refractivity contribution in [2.75, 3.05) is 13.2 Å². The van der Waals surface area contributed by atoms with Crippen molar-refractivity contribution in [2.24, 2.45) is 23.2 Å². The Morgan fingerprint density at radius 2 is 1.97 bits per heavy atom. The van der Waals surface area contributed by atoms with E-state index in [0.29, 0.717) is 11.3 Å². The van der Waals surface area contributed by atoms with E-state index in [1.165, 1.54) is 44.1 Å². The van der Waals surface area contributed by atoms with Crippen molar-refractivity contribution >= 4 is 8.32 Å². The molecular weight excluding hydrogens is 408 g/mol. The highest BCUT2D eigenvalue weighted by Gasteiger charge is 2.49. The van der Waals surface area contributed by atoms with Gasteiger partial charge in [-0.2, -0.15) is 0 Å². The van der Waals surface area contributed by atoms with E-state index in [4.69, 9.17) is 9.16 Å². The number of allylic oxidation sites excluding steroid dienone is 6. The maximum absolute atomic E-state index is 6.44. The molecule has 32 heavy (non-hydrogen) atoms. The smallest absolute Gasteiger partial charge is 0.184 e. The molecular formula is C29H48O2Si. The standard InChI is InChI=1S/C29H48O2Si/c1-23(11-8-19-28(2,3)31-32(5,6)7)26-16-17-27-25(13-9-20-29(26,27)4)15-14-24-12-10-21-30-22-18-24/h9-10,12-15,23,26-27H,8,11,16-22H2,1-7H3/b24-14+,25-15+/t23-,26-,27+,29-/m1/s1. The van der Waals surface area contributed by atoms with Gasteiger partial charge in [0.15, 0.2) is 8.32 Å².